The Labute approximate surface area is 109 Å². The Balaban J connectivity index is 4.54. The number of hydrogen-bond acceptors (Lipinski definition) is 4. The highest BCUT2D eigenvalue weighted by atomic mass is 16.7. The van der Waals surface area contributed by atoms with E-state index >= 15 is 0 Å². The quantitative estimate of drug-likeness (QED) is 0.450. The lowest BCUT2D eigenvalue weighted by Crippen LogP contribution is -2.41. The van der Waals surface area contributed by atoms with Crippen LogP contribution in [0.4, 0.5) is 0 Å². The lowest BCUT2D eigenvalue weighted by Gasteiger charge is -2.22. The molecule has 0 heterocycles. The van der Waals surface area contributed by atoms with E-state index in [-0.39, 0.29) is 12.5 Å². The molecule has 0 aliphatic rings. The van der Waals surface area contributed by atoms with E-state index in [1.165, 1.54) is 0 Å². The highest BCUT2D eigenvalue weighted by molar-refractivity contribution is 5.97. The minimum Gasteiger partial charge on any atom is -0.465 e. The fourth-order valence-corrected chi connectivity index (χ4v) is 1.30. The third kappa shape index (κ3) is 7.27. The zero-order valence-electron chi connectivity index (χ0n) is 12.2. The van der Waals surface area contributed by atoms with Crippen molar-refractivity contribution in [3.05, 3.63) is 0 Å². The molecular formula is C13H25NO4. The molecule has 0 rings (SSSR count). The Morgan fingerprint density at radius 1 is 1.22 bits per heavy atom. The predicted octanol–water partition coefficient (Wildman–Crippen LogP) is 2.06. The van der Waals surface area contributed by atoms with E-state index in [1.54, 1.807) is 6.92 Å². The van der Waals surface area contributed by atoms with Gasteiger partial charge in [0, 0.05) is 0 Å². The van der Waals surface area contributed by atoms with Gasteiger partial charge in [0.15, 0.2) is 0 Å². The first-order chi connectivity index (χ1) is 8.17. The third-order valence-electron chi connectivity index (χ3n) is 2.05. The molecule has 0 aliphatic carbocycles. The molecule has 0 fully saturated rings. The SMILES string of the molecule is CCOC(=O)C(CC(C)C)C(=O)NOC(C)(C)C. The maximum atomic E-state index is 11.9. The van der Waals surface area contributed by atoms with Crippen molar-refractivity contribution >= 4 is 11.9 Å². The van der Waals surface area contributed by atoms with Crippen molar-refractivity contribution in [2.75, 3.05) is 6.61 Å². The summed E-state index contributed by atoms with van der Waals surface area (Å²) in [5.74, 6) is -1.54. The Morgan fingerprint density at radius 3 is 2.17 bits per heavy atom. The van der Waals surface area contributed by atoms with Gasteiger partial charge in [-0.25, -0.2) is 5.48 Å². The van der Waals surface area contributed by atoms with Crippen LogP contribution >= 0.6 is 0 Å². The molecule has 0 bridgehead atoms. The molecule has 0 aromatic carbocycles. The highest BCUT2D eigenvalue weighted by Gasteiger charge is 2.29. The number of rotatable bonds is 6. The van der Waals surface area contributed by atoms with Crippen LogP contribution < -0.4 is 5.48 Å². The van der Waals surface area contributed by atoms with Crippen molar-refractivity contribution in [3.63, 3.8) is 0 Å². The minimum atomic E-state index is -0.813. The number of carbonyl (C=O) groups excluding carboxylic acids is 2. The number of hydrogen-bond donors (Lipinski definition) is 1. The summed E-state index contributed by atoms with van der Waals surface area (Å²) in [7, 11) is 0. The molecule has 5 heteroatoms. The van der Waals surface area contributed by atoms with Crippen LogP contribution in [0, 0.1) is 11.8 Å². The highest BCUT2D eigenvalue weighted by Crippen LogP contribution is 2.15. The molecule has 0 saturated heterocycles. The number of carbonyl (C=O) groups is 2. The Bertz CT molecular complexity index is 281. The van der Waals surface area contributed by atoms with Crippen LogP contribution in [0.2, 0.25) is 0 Å². The summed E-state index contributed by atoms with van der Waals surface area (Å²) in [4.78, 5) is 28.8. The number of ether oxygens (including phenoxy) is 1. The standard InChI is InChI=1S/C13H25NO4/c1-7-17-12(16)10(8-9(2)3)11(15)14-18-13(4,5)6/h9-10H,7-8H2,1-6H3,(H,14,15). The molecule has 1 N–H and O–H groups in total. The maximum absolute atomic E-state index is 11.9. The molecule has 0 aliphatic heterocycles. The van der Waals surface area contributed by atoms with Gasteiger partial charge in [-0.3, -0.25) is 14.4 Å². The maximum Gasteiger partial charge on any atom is 0.318 e. The van der Waals surface area contributed by atoms with E-state index in [0.717, 1.165) is 0 Å². The van der Waals surface area contributed by atoms with Gasteiger partial charge in [-0.05, 0) is 40.0 Å². The van der Waals surface area contributed by atoms with Crippen LogP contribution in [0.5, 0.6) is 0 Å². The van der Waals surface area contributed by atoms with Crippen molar-refractivity contribution in [1.82, 2.24) is 5.48 Å². The molecular weight excluding hydrogens is 234 g/mol. The third-order valence-corrected chi connectivity index (χ3v) is 2.05. The van der Waals surface area contributed by atoms with Crippen LogP contribution in [0.1, 0.15) is 48.0 Å². The van der Waals surface area contributed by atoms with Gasteiger partial charge in [0.25, 0.3) is 5.91 Å². The zero-order chi connectivity index (χ0) is 14.3. The van der Waals surface area contributed by atoms with Crippen LogP contribution in [-0.2, 0) is 19.2 Å². The van der Waals surface area contributed by atoms with Gasteiger partial charge in [-0.15, -0.1) is 0 Å². The first-order valence-electron chi connectivity index (χ1n) is 6.31. The molecule has 0 aromatic heterocycles. The predicted molar refractivity (Wildman–Crippen MR) is 68.6 cm³/mol. The number of nitrogens with one attached hydrogen (secondary N) is 1. The number of amides is 1. The summed E-state index contributed by atoms with van der Waals surface area (Å²) in [5, 5.41) is 0. The summed E-state index contributed by atoms with van der Waals surface area (Å²) in [5.41, 5.74) is 1.83. The molecule has 0 spiro atoms. The number of esters is 1. The first kappa shape index (κ1) is 16.9. The van der Waals surface area contributed by atoms with Gasteiger partial charge in [-0.1, -0.05) is 13.8 Å². The lowest BCUT2D eigenvalue weighted by atomic mass is 9.96. The Morgan fingerprint density at radius 2 is 1.78 bits per heavy atom. The minimum absolute atomic E-state index is 0.222. The van der Waals surface area contributed by atoms with Crippen LogP contribution in [0.15, 0.2) is 0 Å². The van der Waals surface area contributed by atoms with E-state index < -0.39 is 23.4 Å². The number of hydroxylamine groups is 1. The fourth-order valence-electron chi connectivity index (χ4n) is 1.30. The molecule has 1 amide bonds. The van der Waals surface area contributed by atoms with Crippen molar-refractivity contribution in [3.8, 4) is 0 Å². The fraction of sp³-hybridized carbons (Fsp3) is 0.846. The van der Waals surface area contributed by atoms with Gasteiger partial charge in [0.05, 0.1) is 12.2 Å². The Hall–Kier alpha value is -1.10. The molecule has 0 saturated carbocycles. The van der Waals surface area contributed by atoms with Gasteiger partial charge in [0.1, 0.15) is 5.92 Å². The smallest absolute Gasteiger partial charge is 0.318 e. The van der Waals surface area contributed by atoms with Crippen LogP contribution in [0.3, 0.4) is 0 Å². The van der Waals surface area contributed by atoms with Crippen molar-refractivity contribution in [2.24, 2.45) is 11.8 Å². The largest absolute Gasteiger partial charge is 0.465 e. The van der Waals surface area contributed by atoms with Gasteiger partial charge >= 0.3 is 5.97 Å². The van der Waals surface area contributed by atoms with Crippen LogP contribution in [-0.4, -0.2) is 24.1 Å². The molecule has 106 valence electrons. The second-order valence-corrected chi connectivity index (χ2v) is 5.61. The van der Waals surface area contributed by atoms with Gasteiger partial charge in [-0.2, -0.15) is 0 Å². The van der Waals surface area contributed by atoms with Gasteiger partial charge in [0.2, 0.25) is 0 Å². The summed E-state index contributed by atoms with van der Waals surface area (Å²) in [6.07, 6.45) is 0.443. The topological polar surface area (TPSA) is 64.6 Å². The molecule has 1 atom stereocenters. The van der Waals surface area contributed by atoms with E-state index in [0.29, 0.717) is 6.42 Å². The summed E-state index contributed by atoms with van der Waals surface area (Å²) in [6, 6.07) is 0. The van der Waals surface area contributed by atoms with Crippen LogP contribution in [0.25, 0.3) is 0 Å². The summed E-state index contributed by atoms with van der Waals surface area (Å²) >= 11 is 0. The average Bonchev–Trinajstić information content (AvgIpc) is 2.21. The Kier molecular flexibility index (Phi) is 6.91. The first-order valence-corrected chi connectivity index (χ1v) is 6.31. The van der Waals surface area contributed by atoms with E-state index in [1.807, 2.05) is 34.6 Å². The van der Waals surface area contributed by atoms with E-state index in [9.17, 15) is 9.59 Å². The second kappa shape index (κ2) is 7.36. The normalized spacial score (nSPS) is 13.3. The lowest BCUT2D eigenvalue weighted by molar-refractivity contribution is -0.162. The zero-order valence-corrected chi connectivity index (χ0v) is 12.2. The van der Waals surface area contributed by atoms with Gasteiger partial charge < -0.3 is 4.74 Å². The molecule has 5 nitrogen and oxygen atoms in total. The van der Waals surface area contributed by atoms with Crippen molar-refractivity contribution in [1.29, 1.82) is 0 Å². The molecule has 18 heavy (non-hydrogen) atoms. The molecule has 0 radical (unpaired) electrons. The summed E-state index contributed by atoms with van der Waals surface area (Å²) in [6.45, 7) is 11.3. The molecule has 1 unspecified atom stereocenters. The average molecular weight is 259 g/mol. The molecule has 0 aromatic rings. The second-order valence-electron chi connectivity index (χ2n) is 5.61. The van der Waals surface area contributed by atoms with E-state index in [4.69, 9.17) is 9.57 Å². The monoisotopic (exact) mass is 259 g/mol. The van der Waals surface area contributed by atoms with E-state index in [2.05, 4.69) is 5.48 Å². The van der Waals surface area contributed by atoms with Crippen molar-refractivity contribution < 1.29 is 19.2 Å². The van der Waals surface area contributed by atoms with Crippen molar-refractivity contribution in [2.45, 2.75) is 53.6 Å². The summed E-state index contributed by atoms with van der Waals surface area (Å²) < 4.78 is 4.90.